The molecule has 3 saturated carbocycles. The van der Waals surface area contributed by atoms with Crippen LogP contribution in [0.25, 0.3) is 0 Å². The Kier molecular flexibility index (Phi) is 6.65. The molecule has 0 aromatic rings. The normalized spacial score (nSPS) is 38.0. The van der Waals surface area contributed by atoms with Crippen LogP contribution < -0.4 is 0 Å². The van der Waals surface area contributed by atoms with Gasteiger partial charge in [0.1, 0.15) is 0 Å². The van der Waals surface area contributed by atoms with Gasteiger partial charge in [-0.1, -0.05) is 57.8 Å². The van der Waals surface area contributed by atoms with Crippen LogP contribution in [0.5, 0.6) is 0 Å². The summed E-state index contributed by atoms with van der Waals surface area (Å²) in [6, 6.07) is 0. The highest BCUT2D eigenvalue weighted by Gasteiger charge is 2.29. The van der Waals surface area contributed by atoms with Gasteiger partial charge in [-0.05, 0) is 62.2 Å². The van der Waals surface area contributed by atoms with Gasteiger partial charge in [0, 0.05) is 7.11 Å². The van der Waals surface area contributed by atoms with Crippen molar-refractivity contribution in [3.05, 3.63) is 0 Å². The quantitative estimate of drug-likeness (QED) is 0.574. The van der Waals surface area contributed by atoms with Crippen LogP contribution in [0, 0.1) is 23.7 Å². The Morgan fingerprint density at radius 3 is 1.64 bits per heavy atom. The van der Waals surface area contributed by atoms with Crippen LogP contribution >= 0.6 is 0 Å². The number of hydrogen-bond acceptors (Lipinski definition) is 1. The first-order valence-electron chi connectivity index (χ1n) is 10.4. The summed E-state index contributed by atoms with van der Waals surface area (Å²) in [6.07, 6.45) is 23.0. The van der Waals surface area contributed by atoms with Crippen LogP contribution in [-0.2, 0) is 4.74 Å². The lowest BCUT2D eigenvalue weighted by Gasteiger charge is -2.36. The number of hydrogen-bond donors (Lipinski definition) is 0. The fourth-order valence-corrected chi connectivity index (χ4v) is 5.68. The van der Waals surface area contributed by atoms with E-state index in [4.69, 9.17) is 4.74 Å². The maximum absolute atomic E-state index is 5.50. The van der Waals surface area contributed by atoms with Gasteiger partial charge in [0.25, 0.3) is 0 Å². The summed E-state index contributed by atoms with van der Waals surface area (Å²) in [4.78, 5) is 0. The molecule has 0 spiro atoms. The molecule has 3 fully saturated rings. The molecule has 0 saturated heterocycles. The first-order valence-corrected chi connectivity index (χ1v) is 10.4. The molecule has 3 aliphatic carbocycles. The fourth-order valence-electron chi connectivity index (χ4n) is 5.68. The van der Waals surface area contributed by atoms with Crippen molar-refractivity contribution in [3.63, 3.8) is 0 Å². The second kappa shape index (κ2) is 8.71. The number of rotatable bonds is 5. The second-order valence-electron chi connectivity index (χ2n) is 8.63. The van der Waals surface area contributed by atoms with Gasteiger partial charge in [0.2, 0.25) is 0 Å². The average Bonchev–Trinajstić information content (AvgIpc) is 2.61. The van der Waals surface area contributed by atoms with E-state index in [1.54, 1.807) is 38.5 Å². The molecule has 3 rings (SSSR count). The summed E-state index contributed by atoms with van der Waals surface area (Å²) < 4.78 is 5.50. The van der Waals surface area contributed by atoms with E-state index in [0.29, 0.717) is 6.10 Å². The summed E-state index contributed by atoms with van der Waals surface area (Å²) in [6.45, 7) is 0. The summed E-state index contributed by atoms with van der Waals surface area (Å²) >= 11 is 0. The van der Waals surface area contributed by atoms with Crippen molar-refractivity contribution >= 4 is 0 Å². The van der Waals surface area contributed by atoms with Crippen LogP contribution in [0.4, 0.5) is 0 Å². The van der Waals surface area contributed by atoms with Crippen LogP contribution in [-0.4, -0.2) is 13.2 Å². The maximum Gasteiger partial charge on any atom is 0.0571 e. The van der Waals surface area contributed by atoms with Crippen LogP contribution in [0.15, 0.2) is 0 Å². The zero-order chi connectivity index (χ0) is 15.2. The molecule has 0 aromatic carbocycles. The molecular formula is C21H38O. The molecule has 0 radical (unpaired) electrons. The third-order valence-corrected chi connectivity index (χ3v) is 7.32. The Morgan fingerprint density at radius 1 is 0.591 bits per heavy atom. The van der Waals surface area contributed by atoms with E-state index < -0.39 is 0 Å². The van der Waals surface area contributed by atoms with Crippen molar-refractivity contribution in [1.82, 2.24) is 0 Å². The summed E-state index contributed by atoms with van der Waals surface area (Å²) in [5.74, 6) is 4.30. The lowest BCUT2D eigenvalue weighted by Crippen LogP contribution is -2.24. The Morgan fingerprint density at radius 2 is 1.09 bits per heavy atom. The van der Waals surface area contributed by atoms with Crippen molar-refractivity contribution in [2.45, 2.75) is 102 Å². The van der Waals surface area contributed by atoms with Crippen LogP contribution in [0.2, 0.25) is 0 Å². The molecule has 0 bridgehead atoms. The molecule has 128 valence electrons. The smallest absolute Gasteiger partial charge is 0.0571 e. The predicted octanol–water partition coefficient (Wildman–Crippen LogP) is 6.36. The molecule has 0 aromatic heterocycles. The van der Waals surface area contributed by atoms with Gasteiger partial charge in [0.05, 0.1) is 6.10 Å². The van der Waals surface area contributed by atoms with Crippen molar-refractivity contribution in [2.75, 3.05) is 7.11 Å². The first-order chi connectivity index (χ1) is 10.8. The average molecular weight is 307 g/mol. The van der Waals surface area contributed by atoms with Gasteiger partial charge >= 0.3 is 0 Å². The third-order valence-electron chi connectivity index (χ3n) is 7.32. The monoisotopic (exact) mass is 306 g/mol. The van der Waals surface area contributed by atoms with Crippen molar-refractivity contribution in [1.29, 1.82) is 0 Å². The van der Waals surface area contributed by atoms with Crippen LogP contribution in [0.1, 0.15) is 96.3 Å². The van der Waals surface area contributed by atoms with Gasteiger partial charge in [0.15, 0.2) is 0 Å². The lowest BCUT2D eigenvalue weighted by molar-refractivity contribution is 0.0537. The molecule has 1 heteroatoms. The van der Waals surface area contributed by atoms with E-state index in [9.17, 15) is 0 Å². The minimum atomic E-state index is 0.571. The predicted molar refractivity (Wildman–Crippen MR) is 94.0 cm³/mol. The maximum atomic E-state index is 5.50. The Labute approximate surface area is 138 Å². The van der Waals surface area contributed by atoms with Gasteiger partial charge in [-0.25, -0.2) is 0 Å². The molecule has 0 heterocycles. The van der Waals surface area contributed by atoms with Gasteiger partial charge in [-0.3, -0.25) is 0 Å². The Hall–Kier alpha value is -0.0400. The van der Waals surface area contributed by atoms with Gasteiger partial charge in [-0.2, -0.15) is 0 Å². The summed E-state index contributed by atoms with van der Waals surface area (Å²) in [5.41, 5.74) is 0. The van der Waals surface area contributed by atoms with Crippen molar-refractivity contribution in [3.8, 4) is 0 Å². The van der Waals surface area contributed by atoms with Crippen LogP contribution in [0.3, 0.4) is 0 Å². The molecular weight excluding hydrogens is 268 g/mol. The summed E-state index contributed by atoms with van der Waals surface area (Å²) in [5, 5.41) is 0. The highest BCUT2D eigenvalue weighted by Crippen LogP contribution is 2.41. The minimum absolute atomic E-state index is 0.571. The minimum Gasteiger partial charge on any atom is -0.381 e. The van der Waals surface area contributed by atoms with Crippen molar-refractivity contribution < 1.29 is 4.74 Å². The van der Waals surface area contributed by atoms with E-state index in [-0.39, 0.29) is 0 Å². The molecule has 0 aliphatic heterocycles. The zero-order valence-electron chi connectivity index (χ0n) is 14.9. The molecule has 1 nitrogen and oxygen atoms in total. The van der Waals surface area contributed by atoms with E-state index in [2.05, 4.69) is 0 Å². The second-order valence-corrected chi connectivity index (χ2v) is 8.63. The SMILES string of the molecule is COC1CCC(CCC2CCC(C3CCCCC3)CC2)CC1. The highest BCUT2D eigenvalue weighted by molar-refractivity contribution is 4.81. The zero-order valence-corrected chi connectivity index (χ0v) is 14.9. The standard InChI is InChI=1S/C21H38O/c1-22-21-15-11-18(12-16-21)8-7-17-9-13-20(14-10-17)19-5-3-2-4-6-19/h17-21H,2-16H2,1H3. The number of ether oxygens (including phenoxy) is 1. The molecule has 22 heavy (non-hydrogen) atoms. The van der Waals surface area contributed by atoms with Gasteiger partial charge in [-0.15, -0.1) is 0 Å². The summed E-state index contributed by atoms with van der Waals surface area (Å²) in [7, 11) is 1.88. The molecule has 0 N–H and O–H groups in total. The molecule has 0 atom stereocenters. The fraction of sp³-hybridized carbons (Fsp3) is 1.00. The first kappa shape index (κ1) is 16.8. The Balaban J connectivity index is 1.30. The van der Waals surface area contributed by atoms with E-state index >= 15 is 0 Å². The van der Waals surface area contributed by atoms with E-state index in [0.717, 1.165) is 23.7 Å². The van der Waals surface area contributed by atoms with Crippen molar-refractivity contribution in [2.24, 2.45) is 23.7 Å². The lowest BCUT2D eigenvalue weighted by atomic mass is 9.70. The molecule has 0 unspecified atom stereocenters. The topological polar surface area (TPSA) is 9.23 Å². The Bertz CT molecular complexity index is 291. The third kappa shape index (κ3) is 4.73. The van der Waals surface area contributed by atoms with E-state index in [1.807, 2.05) is 7.11 Å². The van der Waals surface area contributed by atoms with Gasteiger partial charge < -0.3 is 4.74 Å². The highest BCUT2D eigenvalue weighted by atomic mass is 16.5. The van der Waals surface area contributed by atoms with E-state index in [1.165, 1.54) is 57.8 Å². The largest absolute Gasteiger partial charge is 0.381 e. The molecule has 3 aliphatic rings. The molecule has 0 amide bonds. The number of methoxy groups -OCH3 is 1.